The molecule has 0 aromatic heterocycles. The largest absolute Gasteiger partial charge is 0.458 e. The lowest BCUT2D eigenvalue weighted by molar-refractivity contribution is -0.138. The van der Waals surface area contributed by atoms with Crippen molar-refractivity contribution in [3.05, 3.63) is 58.2 Å². The topological polar surface area (TPSA) is 50.4 Å². The lowest BCUT2D eigenvalue weighted by atomic mass is 9.96. The van der Waals surface area contributed by atoms with Gasteiger partial charge in [-0.15, -0.1) is 0 Å². The molecule has 1 aromatic rings. The minimum Gasteiger partial charge on any atom is -0.458 e. The number of thiocarbonyl (C=S) groups is 1. The molecule has 0 aliphatic carbocycles. The van der Waals surface area contributed by atoms with Gasteiger partial charge in [0.05, 0.1) is 11.6 Å². The molecule has 0 radical (unpaired) electrons. The Labute approximate surface area is 137 Å². The van der Waals surface area contributed by atoms with Crippen molar-refractivity contribution in [1.29, 1.82) is 0 Å². The van der Waals surface area contributed by atoms with Crippen LogP contribution in [0, 0.1) is 0 Å². The van der Waals surface area contributed by atoms with E-state index < -0.39 is 5.97 Å². The molecule has 0 saturated carbocycles. The SMILES string of the molecule is C=CCOC(=O)C1=C(C)NC(=S)N[C@@H]1c1ccccc1Br. The molecule has 4 nitrogen and oxygen atoms in total. The molecule has 2 rings (SSSR count). The van der Waals surface area contributed by atoms with Crippen molar-refractivity contribution in [2.45, 2.75) is 13.0 Å². The normalized spacial score (nSPS) is 17.8. The second-order valence-corrected chi connectivity index (χ2v) is 5.74. The highest BCUT2D eigenvalue weighted by atomic mass is 79.9. The molecule has 1 heterocycles. The summed E-state index contributed by atoms with van der Waals surface area (Å²) in [6.45, 7) is 5.52. The van der Waals surface area contributed by atoms with Crippen molar-refractivity contribution >= 4 is 39.2 Å². The van der Waals surface area contributed by atoms with Crippen molar-refractivity contribution in [2.75, 3.05) is 6.61 Å². The van der Waals surface area contributed by atoms with Crippen LogP contribution in [0.15, 0.2) is 52.7 Å². The van der Waals surface area contributed by atoms with Crippen LogP contribution in [-0.2, 0) is 9.53 Å². The van der Waals surface area contributed by atoms with Crippen LogP contribution in [0.5, 0.6) is 0 Å². The molecular weight excluding hydrogens is 352 g/mol. The van der Waals surface area contributed by atoms with Crippen LogP contribution in [-0.4, -0.2) is 17.7 Å². The lowest BCUT2D eigenvalue weighted by Gasteiger charge is -2.30. The van der Waals surface area contributed by atoms with E-state index in [1.54, 1.807) is 0 Å². The standard InChI is InChI=1S/C15H15BrN2O2S/c1-3-8-20-14(19)12-9(2)17-15(21)18-13(12)10-6-4-5-7-11(10)16/h3-7,13H,1,8H2,2H3,(H2,17,18,21)/t13-/m1/s1. The second-order valence-electron chi connectivity index (χ2n) is 4.48. The number of allylic oxidation sites excluding steroid dienone is 1. The zero-order valence-electron chi connectivity index (χ0n) is 11.5. The number of nitrogens with one attached hydrogen (secondary N) is 2. The van der Waals surface area contributed by atoms with Crippen LogP contribution in [0.4, 0.5) is 0 Å². The second kappa shape index (κ2) is 6.87. The van der Waals surface area contributed by atoms with Crippen molar-refractivity contribution < 1.29 is 9.53 Å². The highest BCUT2D eigenvalue weighted by Gasteiger charge is 2.31. The maximum atomic E-state index is 12.3. The van der Waals surface area contributed by atoms with Gasteiger partial charge < -0.3 is 15.4 Å². The third kappa shape index (κ3) is 3.51. The van der Waals surface area contributed by atoms with E-state index in [0.29, 0.717) is 16.4 Å². The molecule has 2 N–H and O–H groups in total. The highest BCUT2D eigenvalue weighted by molar-refractivity contribution is 9.10. The van der Waals surface area contributed by atoms with Crippen molar-refractivity contribution in [2.24, 2.45) is 0 Å². The third-order valence-corrected chi connectivity index (χ3v) is 3.98. The summed E-state index contributed by atoms with van der Waals surface area (Å²) in [7, 11) is 0. The van der Waals surface area contributed by atoms with Gasteiger partial charge >= 0.3 is 5.97 Å². The molecular formula is C15H15BrN2O2S. The summed E-state index contributed by atoms with van der Waals surface area (Å²) in [6.07, 6.45) is 1.54. The van der Waals surface area contributed by atoms with Gasteiger partial charge in [-0.3, -0.25) is 0 Å². The monoisotopic (exact) mass is 366 g/mol. The van der Waals surface area contributed by atoms with Gasteiger partial charge in [0.1, 0.15) is 6.61 Å². The lowest BCUT2D eigenvalue weighted by Crippen LogP contribution is -2.45. The van der Waals surface area contributed by atoms with Gasteiger partial charge in [-0.2, -0.15) is 0 Å². The minimum absolute atomic E-state index is 0.169. The fraction of sp³-hybridized carbons (Fsp3) is 0.200. The summed E-state index contributed by atoms with van der Waals surface area (Å²) in [5.41, 5.74) is 2.12. The van der Waals surface area contributed by atoms with Crippen molar-refractivity contribution in [1.82, 2.24) is 10.6 Å². The van der Waals surface area contributed by atoms with Crippen LogP contribution in [0.25, 0.3) is 0 Å². The quantitative estimate of drug-likeness (QED) is 0.487. The first-order valence-corrected chi connectivity index (χ1v) is 7.55. The first kappa shape index (κ1) is 15.7. The first-order chi connectivity index (χ1) is 10.0. The van der Waals surface area contributed by atoms with E-state index in [-0.39, 0.29) is 12.6 Å². The number of esters is 1. The van der Waals surface area contributed by atoms with Crippen molar-refractivity contribution in [3.8, 4) is 0 Å². The molecule has 0 saturated heterocycles. The Hall–Kier alpha value is -1.66. The first-order valence-electron chi connectivity index (χ1n) is 6.35. The average molecular weight is 367 g/mol. The van der Waals surface area contributed by atoms with Gasteiger partial charge in [0.2, 0.25) is 0 Å². The molecule has 110 valence electrons. The molecule has 0 spiro atoms. The number of ether oxygens (including phenoxy) is 1. The number of hydrogen-bond acceptors (Lipinski definition) is 3. The molecule has 1 aromatic carbocycles. The van der Waals surface area contributed by atoms with Crippen LogP contribution in [0.3, 0.4) is 0 Å². The van der Waals surface area contributed by atoms with E-state index in [1.165, 1.54) is 6.08 Å². The van der Waals surface area contributed by atoms with Gasteiger partial charge in [-0.1, -0.05) is 46.8 Å². The Kier molecular flexibility index (Phi) is 5.14. The molecule has 1 atom stereocenters. The molecule has 0 fully saturated rings. The van der Waals surface area contributed by atoms with Gasteiger partial charge in [0, 0.05) is 10.2 Å². The minimum atomic E-state index is -0.393. The fourth-order valence-corrected chi connectivity index (χ4v) is 2.90. The van der Waals surface area contributed by atoms with E-state index in [4.69, 9.17) is 17.0 Å². The number of carbonyl (C=O) groups is 1. The zero-order chi connectivity index (χ0) is 15.4. The molecule has 21 heavy (non-hydrogen) atoms. The number of hydrogen-bond donors (Lipinski definition) is 2. The van der Waals surface area contributed by atoms with E-state index in [9.17, 15) is 4.79 Å². The predicted octanol–water partition coefficient (Wildman–Crippen LogP) is 2.97. The molecule has 0 amide bonds. The third-order valence-electron chi connectivity index (χ3n) is 3.04. The Morgan fingerprint density at radius 3 is 2.90 bits per heavy atom. The Bertz CT molecular complexity index is 628. The number of rotatable bonds is 4. The predicted molar refractivity (Wildman–Crippen MR) is 89.6 cm³/mol. The summed E-state index contributed by atoms with van der Waals surface area (Å²) in [6, 6.07) is 7.33. The average Bonchev–Trinajstić information content (AvgIpc) is 2.44. The fourth-order valence-electron chi connectivity index (χ4n) is 2.12. The smallest absolute Gasteiger partial charge is 0.338 e. The summed E-state index contributed by atoms with van der Waals surface area (Å²) in [5, 5.41) is 6.56. The Morgan fingerprint density at radius 1 is 1.52 bits per heavy atom. The van der Waals surface area contributed by atoms with Crippen molar-refractivity contribution in [3.63, 3.8) is 0 Å². The van der Waals surface area contributed by atoms with Crippen LogP contribution >= 0.6 is 28.1 Å². The number of benzene rings is 1. The molecule has 6 heteroatoms. The molecule has 1 aliphatic rings. The molecule has 0 unspecified atom stereocenters. The highest BCUT2D eigenvalue weighted by Crippen LogP contribution is 2.32. The summed E-state index contributed by atoms with van der Waals surface area (Å²) < 4.78 is 6.07. The van der Waals surface area contributed by atoms with Crippen LogP contribution < -0.4 is 10.6 Å². The zero-order valence-corrected chi connectivity index (χ0v) is 13.9. The molecule has 0 bridgehead atoms. The van der Waals surface area contributed by atoms with Gasteiger partial charge in [-0.25, -0.2) is 4.79 Å². The van der Waals surface area contributed by atoms with Gasteiger partial charge in [0.25, 0.3) is 0 Å². The Balaban J connectivity index is 2.43. The molecule has 1 aliphatic heterocycles. The number of carbonyl (C=O) groups excluding carboxylic acids is 1. The van der Waals surface area contributed by atoms with Crippen LogP contribution in [0.1, 0.15) is 18.5 Å². The van der Waals surface area contributed by atoms with E-state index in [0.717, 1.165) is 10.0 Å². The van der Waals surface area contributed by atoms with Gasteiger partial charge in [0.15, 0.2) is 5.11 Å². The van der Waals surface area contributed by atoms with Crippen LogP contribution in [0.2, 0.25) is 0 Å². The Morgan fingerprint density at radius 2 is 2.24 bits per heavy atom. The maximum Gasteiger partial charge on any atom is 0.338 e. The maximum absolute atomic E-state index is 12.3. The van der Waals surface area contributed by atoms with Gasteiger partial charge in [-0.05, 0) is 30.8 Å². The van der Waals surface area contributed by atoms with E-state index in [2.05, 4.69) is 33.1 Å². The summed E-state index contributed by atoms with van der Waals surface area (Å²) in [4.78, 5) is 12.3. The summed E-state index contributed by atoms with van der Waals surface area (Å²) >= 11 is 8.70. The van der Waals surface area contributed by atoms with E-state index >= 15 is 0 Å². The number of halogens is 1. The summed E-state index contributed by atoms with van der Waals surface area (Å²) in [5.74, 6) is -0.393. The van der Waals surface area contributed by atoms with E-state index in [1.807, 2.05) is 31.2 Å².